The molecule has 2 amide bonds. The van der Waals surface area contributed by atoms with Crippen LogP contribution < -0.4 is 10.6 Å². The van der Waals surface area contributed by atoms with Crippen LogP contribution in [0.15, 0.2) is 35.5 Å². The van der Waals surface area contributed by atoms with Gasteiger partial charge < -0.3 is 20.3 Å². The van der Waals surface area contributed by atoms with Crippen LogP contribution in [-0.2, 0) is 9.53 Å². The molecule has 7 heteroatoms. The average Bonchev–Trinajstić information content (AvgIpc) is 2.68. The Morgan fingerprint density at radius 2 is 1.78 bits per heavy atom. The van der Waals surface area contributed by atoms with Crippen molar-refractivity contribution in [3.63, 3.8) is 0 Å². The van der Waals surface area contributed by atoms with Gasteiger partial charge in [-0.15, -0.1) is 0 Å². The summed E-state index contributed by atoms with van der Waals surface area (Å²) in [5.41, 5.74) is 3.08. The van der Waals surface area contributed by atoms with Crippen LogP contribution in [0.3, 0.4) is 0 Å². The quantitative estimate of drug-likeness (QED) is 0.765. The number of urea groups is 1. The Kier molecular flexibility index (Phi) is 6.13. The van der Waals surface area contributed by atoms with Gasteiger partial charge in [0, 0.05) is 38.4 Å². The highest BCUT2D eigenvalue weighted by atomic mass is 16.5. The zero-order valence-corrected chi connectivity index (χ0v) is 16.2. The third kappa shape index (κ3) is 4.48. The number of nitrogens with one attached hydrogen (secondary N) is 2. The Morgan fingerprint density at radius 1 is 1.15 bits per heavy atom. The largest absolute Gasteiger partial charge is 0.466 e. The fraction of sp³-hybridized carbons (Fsp3) is 0.500. The SMILES string of the molecule is CCN1CCN(CC2=C(C(=O)OC)[C@@H](c3ccc(C)cc3)NC(=O)N2)CC1. The van der Waals surface area contributed by atoms with E-state index in [9.17, 15) is 9.59 Å². The molecule has 3 rings (SSSR count). The lowest BCUT2D eigenvalue weighted by atomic mass is 9.94. The topological polar surface area (TPSA) is 73.9 Å². The predicted octanol–water partition coefficient (Wildman–Crippen LogP) is 1.41. The van der Waals surface area contributed by atoms with E-state index >= 15 is 0 Å². The van der Waals surface area contributed by atoms with E-state index in [-0.39, 0.29) is 6.03 Å². The molecule has 2 N–H and O–H groups in total. The van der Waals surface area contributed by atoms with Crippen LogP contribution in [-0.4, -0.2) is 68.2 Å². The normalized spacial score (nSPS) is 21.6. The number of rotatable bonds is 5. The molecule has 1 aromatic rings. The van der Waals surface area contributed by atoms with Crippen molar-refractivity contribution in [3.05, 3.63) is 46.7 Å². The van der Waals surface area contributed by atoms with E-state index in [1.54, 1.807) is 0 Å². The van der Waals surface area contributed by atoms with Crippen LogP contribution in [0, 0.1) is 6.92 Å². The lowest BCUT2D eigenvalue weighted by molar-refractivity contribution is -0.136. The van der Waals surface area contributed by atoms with Gasteiger partial charge >= 0.3 is 12.0 Å². The molecule has 0 aliphatic carbocycles. The number of likely N-dealkylation sites (N-methyl/N-ethyl adjacent to an activating group) is 1. The smallest absolute Gasteiger partial charge is 0.338 e. The number of amides is 2. The fourth-order valence-electron chi connectivity index (χ4n) is 3.59. The molecule has 2 aliphatic rings. The number of methoxy groups -OCH3 is 1. The van der Waals surface area contributed by atoms with Crippen molar-refractivity contribution in [2.75, 3.05) is 46.4 Å². The first-order chi connectivity index (χ1) is 13.0. The van der Waals surface area contributed by atoms with E-state index in [1.165, 1.54) is 7.11 Å². The molecule has 0 unspecified atom stereocenters. The van der Waals surface area contributed by atoms with Crippen molar-refractivity contribution >= 4 is 12.0 Å². The van der Waals surface area contributed by atoms with Gasteiger partial charge in [0.1, 0.15) is 0 Å². The lowest BCUT2D eigenvalue weighted by Crippen LogP contribution is -2.51. The third-order valence-electron chi connectivity index (χ3n) is 5.26. The molecule has 27 heavy (non-hydrogen) atoms. The zero-order chi connectivity index (χ0) is 19.4. The molecule has 0 radical (unpaired) electrons. The number of esters is 1. The Hall–Kier alpha value is -2.38. The molecule has 1 aromatic carbocycles. The molecule has 2 aliphatic heterocycles. The van der Waals surface area contributed by atoms with E-state index < -0.39 is 12.0 Å². The molecule has 0 saturated carbocycles. The fourth-order valence-corrected chi connectivity index (χ4v) is 3.59. The minimum absolute atomic E-state index is 0.296. The van der Waals surface area contributed by atoms with Crippen molar-refractivity contribution in [2.45, 2.75) is 19.9 Å². The van der Waals surface area contributed by atoms with Crippen molar-refractivity contribution in [2.24, 2.45) is 0 Å². The van der Waals surface area contributed by atoms with Crippen LogP contribution >= 0.6 is 0 Å². The molecule has 1 atom stereocenters. The van der Waals surface area contributed by atoms with Crippen LogP contribution in [0.2, 0.25) is 0 Å². The number of ether oxygens (including phenoxy) is 1. The van der Waals surface area contributed by atoms with Gasteiger partial charge in [0.2, 0.25) is 0 Å². The molecule has 1 saturated heterocycles. The second-order valence-electron chi connectivity index (χ2n) is 7.04. The summed E-state index contributed by atoms with van der Waals surface area (Å²) in [4.78, 5) is 29.5. The summed E-state index contributed by atoms with van der Waals surface area (Å²) in [5, 5.41) is 5.70. The number of benzene rings is 1. The van der Waals surface area contributed by atoms with E-state index in [1.807, 2.05) is 31.2 Å². The molecule has 1 fully saturated rings. The van der Waals surface area contributed by atoms with Gasteiger partial charge in [-0.1, -0.05) is 36.8 Å². The highest BCUT2D eigenvalue weighted by molar-refractivity contribution is 5.95. The Labute approximate surface area is 160 Å². The molecular weight excluding hydrogens is 344 g/mol. The molecule has 146 valence electrons. The molecule has 2 heterocycles. The van der Waals surface area contributed by atoms with Crippen molar-refractivity contribution in [1.29, 1.82) is 0 Å². The maximum atomic E-state index is 12.6. The second kappa shape index (κ2) is 8.54. The molecular formula is C20H28N4O3. The highest BCUT2D eigenvalue weighted by Gasteiger charge is 2.34. The number of piperazine rings is 1. The first-order valence-electron chi connectivity index (χ1n) is 9.42. The Morgan fingerprint density at radius 3 is 2.37 bits per heavy atom. The monoisotopic (exact) mass is 372 g/mol. The van der Waals surface area contributed by atoms with Gasteiger partial charge in [-0.2, -0.15) is 0 Å². The van der Waals surface area contributed by atoms with Crippen molar-refractivity contribution in [1.82, 2.24) is 20.4 Å². The molecule has 0 spiro atoms. The highest BCUT2D eigenvalue weighted by Crippen LogP contribution is 2.28. The summed E-state index contributed by atoms with van der Waals surface area (Å²) in [6.45, 7) is 9.53. The lowest BCUT2D eigenvalue weighted by Gasteiger charge is -2.36. The summed E-state index contributed by atoms with van der Waals surface area (Å²) in [7, 11) is 1.37. The summed E-state index contributed by atoms with van der Waals surface area (Å²) in [5.74, 6) is -0.421. The van der Waals surface area contributed by atoms with Crippen LogP contribution in [0.1, 0.15) is 24.1 Å². The predicted molar refractivity (Wildman–Crippen MR) is 103 cm³/mol. The van der Waals surface area contributed by atoms with Gasteiger partial charge in [0.15, 0.2) is 0 Å². The van der Waals surface area contributed by atoms with Gasteiger partial charge in [-0.25, -0.2) is 9.59 Å². The minimum Gasteiger partial charge on any atom is -0.466 e. The minimum atomic E-state index is -0.515. The number of carbonyl (C=O) groups excluding carboxylic acids is 2. The number of hydrogen-bond acceptors (Lipinski definition) is 5. The molecule has 0 aromatic heterocycles. The molecule has 0 bridgehead atoms. The van der Waals surface area contributed by atoms with Crippen molar-refractivity contribution in [3.8, 4) is 0 Å². The Bertz CT molecular complexity index is 721. The maximum Gasteiger partial charge on any atom is 0.338 e. The van der Waals surface area contributed by atoms with Gasteiger partial charge in [0.25, 0.3) is 0 Å². The van der Waals surface area contributed by atoms with Crippen molar-refractivity contribution < 1.29 is 14.3 Å². The van der Waals surface area contributed by atoms with E-state index in [4.69, 9.17) is 4.74 Å². The third-order valence-corrected chi connectivity index (χ3v) is 5.26. The first kappa shape index (κ1) is 19.4. The molecule has 7 nitrogen and oxygen atoms in total. The van der Waals surface area contributed by atoms with E-state index in [0.717, 1.165) is 43.9 Å². The zero-order valence-electron chi connectivity index (χ0n) is 16.2. The number of hydrogen-bond donors (Lipinski definition) is 2. The van der Waals surface area contributed by atoms with Crippen LogP contribution in [0.5, 0.6) is 0 Å². The summed E-state index contributed by atoms with van der Waals surface area (Å²) in [6, 6.07) is 7.01. The van der Waals surface area contributed by atoms with Crippen LogP contribution in [0.25, 0.3) is 0 Å². The summed E-state index contributed by atoms with van der Waals surface area (Å²) < 4.78 is 5.04. The number of nitrogens with zero attached hydrogens (tertiary/aromatic N) is 2. The summed E-state index contributed by atoms with van der Waals surface area (Å²) in [6.07, 6.45) is 0. The van der Waals surface area contributed by atoms with E-state index in [0.29, 0.717) is 17.8 Å². The maximum absolute atomic E-state index is 12.6. The number of aryl methyl sites for hydroxylation is 1. The van der Waals surface area contributed by atoms with Crippen LogP contribution in [0.4, 0.5) is 4.79 Å². The van der Waals surface area contributed by atoms with Gasteiger partial charge in [-0.05, 0) is 19.0 Å². The van der Waals surface area contributed by atoms with Gasteiger partial charge in [0.05, 0.1) is 18.7 Å². The van der Waals surface area contributed by atoms with Gasteiger partial charge in [-0.3, -0.25) is 4.90 Å². The first-order valence-corrected chi connectivity index (χ1v) is 9.42. The second-order valence-corrected chi connectivity index (χ2v) is 7.04. The average molecular weight is 372 g/mol. The summed E-state index contributed by atoms with van der Waals surface area (Å²) >= 11 is 0. The van der Waals surface area contributed by atoms with E-state index in [2.05, 4.69) is 27.4 Å². The number of carbonyl (C=O) groups is 2. The Balaban J connectivity index is 1.89. The standard InChI is InChI=1S/C20H28N4O3/c1-4-23-9-11-24(12-10-23)13-16-17(19(25)27-3)18(22-20(26)21-16)15-7-5-14(2)6-8-15/h5-8,18H,4,9-13H2,1-3H3,(H2,21,22,26)/t18-/m1/s1.